The van der Waals surface area contributed by atoms with Crippen LogP contribution in [0.3, 0.4) is 0 Å². The molecule has 0 fully saturated rings. The van der Waals surface area contributed by atoms with E-state index < -0.39 is 23.6 Å². The smallest absolute Gasteiger partial charge is 0.249 e. The molecule has 0 spiro atoms. The predicted octanol–water partition coefficient (Wildman–Crippen LogP) is 1.73. The van der Waals surface area contributed by atoms with Crippen LogP contribution in [0.2, 0.25) is 0 Å². The van der Waals surface area contributed by atoms with Crippen LogP contribution < -0.4 is 10.6 Å². The van der Waals surface area contributed by atoms with E-state index >= 15 is 0 Å². The fourth-order valence-corrected chi connectivity index (χ4v) is 2.52. The quantitative estimate of drug-likeness (QED) is 0.937. The van der Waals surface area contributed by atoms with Gasteiger partial charge in [-0.3, -0.25) is 9.48 Å². The molecule has 110 valence electrons. The van der Waals surface area contributed by atoms with E-state index in [9.17, 15) is 13.6 Å². The molecule has 2 heterocycles. The lowest BCUT2D eigenvalue weighted by molar-refractivity contribution is -0.119. The fraction of sp³-hybridized carbons (Fsp3) is 0.286. The van der Waals surface area contributed by atoms with Gasteiger partial charge in [0.05, 0.1) is 18.4 Å². The molecular formula is C14H14F2N4O. The van der Waals surface area contributed by atoms with E-state index in [-0.39, 0.29) is 17.8 Å². The summed E-state index contributed by atoms with van der Waals surface area (Å²) in [5.74, 6) is -1.97. The van der Waals surface area contributed by atoms with Gasteiger partial charge in [0.2, 0.25) is 5.91 Å². The van der Waals surface area contributed by atoms with Gasteiger partial charge < -0.3 is 10.6 Å². The number of hydrogen-bond donors (Lipinski definition) is 1. The summed E-state index contributed by atoms with van der Waals surface area (Å²) in [6.07, 6.45) is 3.41. The summed E-state index contributed by atoms with van der Waals surface area (Å²) in [7, 11) is 0. The molecule has 1 aliphatic rings. The molecule has 1 unspecified atom stereocenters. The van der Waals surface area contributed by atoms with Crippen LogP contribution in [0.15, 0.2) is 24.5 Å². The van der Waals surface area contributed by atoms with Crippen LogP contribution in [0, 0.1) is 11.6 Å². The number of halogens is 2. The first-order valence-corrected chi connectivity index (χ1v) is 6.58. The van der Waals surface area contributed by atoms with E-state index in [4.69, 9.17) is 5.73 Å². The molecule has 5 nitrogen and oxygen atoms in total. The highest BCUT2D eigenvalue weighted by Gasteiger charge is 2.37. The molecule has 0 saturated heterocycles. The topological polar surface area (TPSA) is 64.2 Å². The number of amides is 1. The Morgan fingerprint density at radius 2 is 2.14 bits per heavy atom. The monoisotopic (exact) mass is 292 g/mol. The van der Waals surface area contributed by atoms with Gasteiger partial charge in [-0.25, -0.2) is 8.78 Å². The van der Waals surface area contributed by atoms with Crippen LogP contribution in [0.25, 0.3) is 0 Å². The van der Waals surface area contributed by atoms with Crippen molar-refractivity contribution in [1.82, 2.24) is 9.78 Å². The summed E-state index contributed by atoms with van der Waals surface area (Å²) in [4.78, 5) is 13.5. The highest BCUT2D eigenvalue weighted by Crippen LogP contribution is 2.37. The summed E-state index contributed by atoms with van der Waals surface area (Å²) in [6, 6.07) is 0.777. The number of aromatic nitrogens is 2. The maximum atomic E-state index is 13.8. The van der Waals surface area contributed by atoms with E-state index in [0.29, 0.717) is 6.54 Å². The lowest BCUT2D eigenvalue weighted by Crippen LogP contribution is -2.31. The third kappa shape index (κ3) is 2.19. The highest BCUT2D eigenvalue weighted by molar-refractivity contribution is 6.04. The van der Waals surface area contributed by atoms with Crippen molar-refractivity contribution in [3.05, 3.63) is 47.3 Å². The van der Waals surface area contributed by atoms with Crippen molar-refractivity contribution >= 4 is 11.6 Å². The maximum Gasteiger partial charge on any atom is 0.249 e. The first-order chi connectivity index (χ1) is 10.0. The SMILES string of the molecule is CCn1cc(CN2C(=O)C(N)c3c(F)cc(F)cc32)cn1. The molecule has 0 saturated carbocycles. The number of fused-ring (bicyclic) bond motifs is 1. The van der Waals surface area contributed by atoms with Crippen LogP contribution in [0.5, 0.6) is 0 Å². The van der Waals surface area contributed by atoms with E-state index in [1.165, 1.54) is 4.90 Å². The van der Waals surface area contributed by atoms with Crippen LogP contribution >= 0.6 is 0 Å². The molecule has 21 heavy (non-hydrogen) atoms. The zero-order chi connectivity index (χ0) is 15.1. The van der Waals surface area contributed by atoms with Gasteiger partial charge in [-0.05, 0) is 13.0 Å². The Labute approximate surface area is 120 Å². The number of aryl methyl sites for hydroxylation is 1. The number of anilines is 1. The van der Waals surface area contributed by atoms with Gasteiger partial charge in [0.25, 0.3) is 0 Å². The lowest BCUT2D eigenvalue weighted by Gasteiger charge is -2.16. The number of nitrogens with zero attached hydrogens (tertiary/aromatic N) is 3. The number of nitrogens with two attached hydrogens (primary N) is 1. The summed E-state index contributed by atoms with van der Waals surface area (Å²) in [6.45, 7) is 2.82. The molecule has 1 atom stereocenters. The van der Waals surface area contributed by atoms with Crippen molar-refractivity contribution in [2.45, 2.75) is 26.1 Å². The van der Waals surface area contributed by atoms with Crippen molar-refractivity contribution in [3.63, 3.8) is 0 Å². The predicted molar refractivity (Wildman–Crippen MR) is 72.4 cm³/mol. The number of rotatable bonds is 3. The third-order valence-corrected chi connectivity index (χ3v) is 3.56. The average Bonchev–Trinajstić information content (AvgIpc) is 2.98. The van der Waals surface area contributed by atoms with Crippen molar-refractivity contribution in [2.75, 3.05) is 4.90 Å². The molecule has 2 aromatic rings. The largest absolute Gasteiger partial charge is 0.316 e. The Balaban J connectivity index is 1.99. The summed E-state index contributed by atoms with van der Waals surface area (Å²) in [5, 5.41) is 4.11. The second kappa shape index (κ2) is 4.92. The van der Waals surface area contributed by atoms with Gasteiger partial charge in [-0.1, -0.05) is 0 Å². The van der Waals surface area contributed by atoms with Gasteiger partial charge >= 0.3 is 0 Å². The van der Waals surface area contributed by atoms with Crippen molar-refractivity contribution in [1.29, 1.82) is 0 Å². The van der Waals surface area contributed by atoms with Crippen LogP contribution in [0.1, 0.15) is 24.1 Å². The maximum absolute atomic E-state index is 13.8. The first-order valence-electron chi connectivity index (χ1n) is 6.58. The van der Waals surface area contributed by atoms with E-state index in [1.807, 2.05) is 6.92 Å². The van der Waals surface area contributed by atoms with Crippen molar-refractivity contribution < 1.29 is 13.6 Å². The molecule has 1 aromatic carbocycles. The minimum absolute atomic E-state index is 0.0456. The van der Waals surface area contributed by atoms with Gasteiger partial charge in [-0.15, -0.1) is 0 Å². The molecule has 1 aliphatic heterocycles. The number of carbonyl (C=O) groups excluding carboxylic acids is 1. The summed E-state index contributed by atoms with van der Waals surface area (Å²) >= 11 is 0. The van der Waals surface area contributed by atoms with E-state index in [1.54, 1.807) is 17.1 Å². The minimum Gasteiger partial charge on any atom is -0.316 e. The standard InChI is InChI=1S/C14H14F2N4O/c1-2-19-6-8(5-18-19)7-20-11-4-9(15)3-10(16)12(11)13(17)14(20)21/h3-6,13H,2,7,17H2,1H3. The van der Waals surface area contributed by atoms with Crippen LogP contribution in [0.4, 0.5) is 14.5 Å². The van der Waals surface area contributed by atoms with Gasteiger partial charge in [-0.2, -0.15) is 5.10 Å². The molecule has 2 N–H and O–H groups in total. The Hall–Kier alpha value is -2.28. The van der Waals surface area contributed by atoms with Crippen LogP contribution in [-0.4, -0.2) is 15.7 Å². The average molecular weight is 292 g/mol. The Morgan fingerprint density at radius 1 is 1.38 bits per heavy atom. The van der Waals surface area contributed by atoms with Crippen molar-refractivity contribution in [3.8, 4) is 0 Å². The highest BCUT2D eigenvalue weighted by atomic mass is 19.1. The van der Waals surface area contributed by atoms with Crippen molar-refractivity contribution in [2.24, 2.45) is 5.73 Å². The molecule has 1 amide bonds. The Kier molecular flexibility index (Phi) is 3.21. The van der Waals surface area contributed by atoms with E-state index in [0.717, 1.165) is 17.7 Å². The molecular weight excluding hydrogens is 278 g/mol. The molecule has 7 heteroatoms. The molecule has 0 aliphatic carbocycles. The second-order valence-electron chi connectivity index (χ2n) is 4.93. The molecule has 0 radical (unpaired) electrons. The Bertz CT molecular complexity index is 713. The normalized spacial score (nSPS) is 17.4. The number of benzene rings is 1. The summed E-state index contributed by atoms with van der Waals surface area (Å²) < 4.78 is 29.0. The van der Waals surface area contributed by atoms with E-state index in [2.05, 4.69) is 5.10 Å². The number of carbonyl (C=O) groups is 1. The second-order valence-corrected chi connectivity index (χ2v) is 4.93. The fourth-order valence-electron chi connectivity index (χ4n) is 2.52. The Morgan fingerprint density at radius 3 is 2.81 bits per heavy atom. The lowest BCUT2D eigenvalue weighted by atomic mass is 10.1. The number of hydrogen-bond acceptors (Lipinski definition) is 3. The molecule has 0 bridgehead atoms. The molecule has 1 aromatic heterocycles. The van der Waals surface area contributed by atoms with Gasteiger partial charge in [0, 0.05) is 29.9 Å². The van der Waals surface area contributed by atoms with Gasteiger partial charge in [0.15, 0.2) is 0 Å². The zero-order valence-electron chi connectivity index (χ0n) is 11.4. The first kappa shape index (κ1) is 13.7. The third-order valence-electron chi connectivity index (χ3n) is 3.56. The molecule has 3 rings (SSSR count). The van der Waals surface area contributed by atoms with Crippen LogP contribution in [-0.2, 0) is 17.9 Å². The van der Waals surface area contributed by atoms with Gasteiger partial charge in [0.1, 0.15) is 17.7 Å². The zero-order valence-corrected chi connectivity index (χ0v) is 11.4. The minimum atomic E-state index is -1.10. The summed E-state index contributed by atoms with van der Waals surface area (Å²) in [5.41, 5.74) is 6.75.